The summed E-state index contributed by atoms with van der Waals surface area (Å²) >= 11 is 6.19. The average molecular weight is 403 g/mol. The zero-order valence-corrected chi connectivity index (χ0v) is 15.8. The molecule has 28 heavy (non-hydrogen) atoms. The minimum absolute atomic E-state index is 0.0670. The van der Waals surface area contributed by atoms with Crippen LogP contribution in [0.4, 0.5) is 14.9 Å². The summed E-state index contributed by atoms with van der Waals surface area (Å²) in [5.74, 6) is -1.69. The average Bonchev–Trinajstić information content (AvgIpc) is 2.62. The first-order valence-corrected chi connectivity index (χ1v) is 8.77. The van der Waals surface area contributed by atoms with Gasteiger partial charge in [0.2, 0.25) is 0 Å². The second-order valence-corrected chi connectivity index (χ2v) is 6.70. The Morgan fingerprint density at radius 2 is 1.79 bits per heavy atom. The molecule has 0 radical (unpaired) electrons. The fraction of sp³-hybridized carbons (Fsp3) is 0.150. The van der Waals surface area contributed by atoms with E-state index in [0.717, 1.165) is 17.0 Å². The van der Waals surface area contributed by atoms with Crippen molar-refractivity contribution in [3.8, 4) is 5.75 Å². The van der Waals surface area contributed by atoms with Gasteiger partial charge in [-0.15, -0.1) is 0 Å². The molecule has 0 atom stereocenters. The van der Waals surface area contributed by atoms with Crippen LogP contribution in [0.3, 0.4) is 0 Å². The molecule has 0 aliphatic carbocycles. The number of imide groups is 2. The van der Waals surface area contributed by atoms with Gasteiger partial charge in [-0.3, -0.25) is 14.9 Å². The lowest BCUT2D eigenvalue weighted by atomic mass is 10.1. The van der Waals surface area contributed by atoms with Crippen LogP contribution in [0.15, 0.2) is 48.0 Å². The molecule has 3 rings (SSSR count). The van der Waals surface area contributed by atoms with Gasteiger partial charge in [-0.25, -0.2) is 14.1 Å². The number of barbiturate groups is 1. The minimum atomic E-state index is -0.905. The number of nitrogens with one attached hydrogen (secondary N) is 1. The number of carbonyl (C=O) groups excluding carboxylic acids is 3. The maximum Gasteiger partial charge on any atom is 0.335 e. The largest absolute Gasteiger partial charge is 0.489 e. The first-order valence-electron chi connectivity index (χ1n) is 8.39. The maximum absolute atomic E-state index is 13.1. The van der Waals surface area contributed by atoms with Crippen molar-refractivity contribution in [1.29, 1.82) is 0 Å². The molecule has 1 N–H and O–H groups in total. The number of ether oxygens (including phenoxy) is 1. The number of rotatable bonds is 4. The van der Waals surface area contributed by atoms with Crippen LogP contribution in [0, 0.1) is 5.82 Å². The Balaban J connectivity index is 1.95. The third kappa shape index (κ3) is 4.04. The third-order valence-electron chi connectivity index (χ3n) is 3.82. The van der Waals surface area contributed by atoms with Crippen molar-refractivity contribution >= 4 is 41.2 Å². The Morgan fingerprint density at radius 1 is 1.11 bits per heavy atom. The highest BCUT2D eigenvalue weighted by molar-refractivity contribution is 6.39. The van der Waals surface area contributed by atoms with E-state index in [1.54, 1.807) is 18.2 Å². The van der Waals surface area contributed by atoms with Crippen molar-refractivity contribution in [2.75, 3.05) is 4.90 Å². The number of carbonyl (C=O) groups is 3. The molecule has 0 bridgehead atoms. The fourth-order valence-corrected chi connectivity index (χ4v) is 2.84. The standard InChI is InChI=1S/C20H16ClFN2O4/c1-11(2)28-17-8-3-12(10-16(17)21)9-15-18(25)23-20(27)24(19(15)26)14-6-4-13(22)5-7-14/h3-11H,1-2H3,(H,23,25,27)/b15-9+. The predicted molar refractivity (Wildman–Crippen MR) is 103 cm³/mol. The highest BCUT2D eigenvalue weighted by Crippen LogP contribution is 2.28. The number of nitrogens with zero attached hydrogens (tertiary/aromatic N) is 1. The van der Waals surface area contributed by atoms with Gasteiger partial charge < -0.3 is 4.74 Å². The van der Waals surface area contributed by atoms with Crippen molar-refractivity contribution in [3.63, 3.8) is 0 Å². The van der Waals surface area contributed by atoms with Crippen LogP contribution in [0.1, 0.15) is 19.4 Å². The quantitative estimate of drug-likeness (QED) is 0.621. The van der Waals surface area contributed by atoms with Crippen molar-refractivity contribution in [1.82, 2.24) is 5.32 Å². The highest BCUT2D eigenvalue weighted by Gasteiger charge is 2.36. The summed E-state index contributed by atoms with van der Waals surface area (Å²) < 4.78 is 18.7. The Morgan fingerprint density at radius 3 is 2.39 bits per heavy atom. The Bertz CT molecular complexity index is 986. The summed E-state index contributed by atoms with van der Waals surface area (Å²) in [6.07, 6.45) is 1.26. The van der Waals surface area contributed by atoms with E-state index in [-0.39, 0.29) is 17.4 Å². The van der Waals surface area contributed by atoms with E-state index in [1.807, 2.05) is 13.8 Å². The van der Waals surface area contributed by atoms with E-state index >= 15 is 0 Å². The summed E-state index contributed by atoms with van der Waals surface area (Å²) in [5, 5.41) is 2.42. The van der Waals surface area contributed by atoms with Crippen molar-refractivity contribution in [2.45, 2.75) is 20.0 Å². The molecule has 1 aliphatic heterocycles. The Kier molecular flexibility index (Phi) is 5.46. The molecule has 0 unspecified atom stereocenters. The van der Waals surface area contributed by atoms with E-state index in [1.165, 1.54) is 18.2 Å². The predicted octanol–water partition coefficient (Wildman–Crippen LogP) is 3.93. The molecule has 1 fully saturated rings. The van der Waals surface area contributed by atoms with Gasteiger partial charge in [-0.1, -0.05) is 17.7 Å². The molecule has 0 spiro atoms. The van der Waals surface area contributed by atoms with Crippen LogP contribution in [-0.4, -0.2) is 23.9 Å². The SMILES string of the molecule is CC(C)Oc1ccc(/C=C2\C(=O)NC(=O)N(c3ccc(F)cc3)C2=O)cc1Cl. The smallest absolute Gasteiger partial charge is 0.335 e. The van der Waals surface area contributed by atoms with Crippen molar-refractivity contribution in [3.05, 3.63) is 64.4 Å². The molecular formula is C20H16ClFN2O4. The summed E-state index contributed by atoms with van der Waals surface area (Å²) in [6.45, 7) is 3.72. The van der Waals surface area contributed by atoms with Crippen molar-refractivity contribution < 1.29 is 23.5 Å². The molecule has 0 saturated carbocycles. The lowest BCUT2D eigenvalue weighted by Gasteiger charge is -2.26. The highest BCUT2D eigenvalue weighted by atomic mass is 35.5. The summed E-state index contributed by atoms with van der Waals surface area (Å²) in [7, 11) is 0. The molecule has 1 aliphatic rings. The van der Waals surface area contributed by atoms with Crippen molar-refractivity contribution in [2.24, 2.45) is 0 Å². The fourth-order valence-electron chi connectivity index (χ4n) is 2.61. The van der Waals surface area contributed by atoms with E-state index in [2.05, 4.69) is 5.32 Å². The molecule has 4 amide bonds. The zero-order valence-electron chi connectivity index (χ0n) is 15.0. The number of urea groups is 1. The number of amides is 4. The van der Waals surface area contributed by atoms with E-state index in [9.17, 15) is 18.8 Å². The van der Waals surface area contributed by atoms with Gasteiger partial charge in [0.15, 0.2) is 0 Å². The molecular weight excluding hydrogens is 387 g/mol. The van der Waals surface area contributed by atoms with Gasteiger partial charge in [-0.2, -0.15) is 0 Å². The molecule has 144 valence electrons. The summed E-state index contributed by atoms with van der Waals surface area (Å²) in [4.78, 5) is 37.8. The lowest BCUT2D eigenvalue weighted by Crippen LogP contribution is -2.54. The van der Waals surface area contributed by atoms with Crippen LogP contribution in [-0.2, 0) is 9.59 Å². The first kappa shape index (κ1) is 19.6. The monoisotopic (exact) mass is 402 g/mol. The van der Waals surface area contributed by atoms with Crippen LogP contribution in [0.25, 0.3) is 6.08 Å². The molecule has 6 nitrogen and oxygen atoms in total. The van der Waals surface area contributed by atoms with Gasteiger partial charge >= 0.3 is 6.03 Å². The van der Waals surface area contributed by atoms with Crippen LogP contribution in [0.2, 0.25) is 5.02 Å². The zero-order chi connectivity index (χ0) is 20.4. The van der Waals surface area contributed by atoms with E-state index in [4.69, 9.17) is 16.3 Å². The number of hydrogen-bond acceptors (Lipinski definition) is 4. The Labute approximate surface area is 165 Å². The summed E-state index contributed by atoms with van der Waals surface area (Å²) in [6, 6.07) is 8.68. The topological polar surface area (TPSA) is 75.7 Å². The normalized spacial score (nSPS) is 16.0. The van der Waals surface area contributed by atoms with E-state index < -0.39 is 23.7 Å². The summed E-state index contributed by atoms with van der Waals surface area (Å²) in [5.41, 5.74) is 0.367. The molecule has 0 aromatic heterocycles. The van der Waals surface area contributed by atoms with Crippen LogP contribution >= 0.6 is 11.6 Å². The number of anilines is 1. The molecule has 2 aromatic carbocycles. The lowest BCUT2D eigenvalue weighted by molar-refractivity contribution is -0.122. The van der Waals surface area contributed by atoms with E-state index in [0.29, 0.717) is 16.3 Å². The maximum atomic E-state index is 13.1. The van der Waals surface area contributed by atoms with Gasteiger partial charge in [0.25, 0.3) is 11.8 Å². The number of hydrogen-bond donors (Lipinski definition) is 1. The molecule has 1 heterocycles. The number of benzene rings is 2. The van der Waals surface area contributed by atoms with Gasteiger partial charge in [0.05, 0.1) is 16.8 Å². The molecule has 1 saturated heterocycles. The number of halogens is 2. The van der Waals surface area contributed by atoms with Gasteiger partial charge in [0, 0.05) is 0 Å². The Hall–Kier alpha value is -3.19. The van der Waals surface area contributed by atoms with Gasteiger partial charge in [0.1, 0.15) is 17.1 Å². The minimum Gasteiger partial charge on any atom is -0.489 e. The first-order chi connectivity index (χ1) is 13.3. The third-order valence-corrected chi connectivity index (χ3v) is 4.11. The van der Waals surface area contributed by atoms with Gasteiger partial charge in [-0.05, 0) is 61.9 Å². The molecule has 8 heteroatoms. The second kappa shape index (κ2) is 7.82. The van der Waals surface area contributed by atoms with Crippen LogP contribution in [0.5, 0.6) is 5.75 Å². The second-order valence-electron chi connectivity index (χ2n) is 6.29. The molecule has 2 aromatic rings. The van der Waals surface area contributed by atoms with Crippen LogP contribution < -0.4 is 15.0 Å².